The van der Waals surface area contributed by atoms with Crippen molar-refractivity contribution in [2.45, 2.75) is 51.5 Å². The standard InChI is InChI=1S/C23H22BrClF3N3O3/c1-23(2,3)34-22(32)30(4)17-10-16(19-12(25)6-5-7-18(19)33-21(27)28)31-15-8-11(24)13(26)9-14(15)29-20(17)31/h5-9,16-17,21H,10H2,1-4H3/t16-,17?/m1/s1/i4D3. The fourth-order valence-electron chi connectivity index (χ4n) is 4.04. The Morgan fingerprint density at radius 1 is 1.38 bits per heavy atom. The lowest BCUT2D eigenvalue weighted by Crippen LogP contribution is -2.36. The molecule has 3 aromatic rings. The van der Waals surface area contributed by atoms with E-state index >= 15 is 0 Å². The first-order valence-corrected chi connectivity index (χ1v) is 11.4. The summed E-state index contributed by atoms with van der Waals surface area (Å²) >= 11 is 9.60. The number of aromatic nitrogens is 2. The van der Waals surface area contributed by atoms with Crippen molar-refractivity contribution in [1.82, 2.24) is 14.5 Å². The van der Waals surface area contributed by atoms with Crippen LogP contribution in [0, 0.1) is 5.82 Å². The van der Waals surface area contributed by atoms with E-state index in [2.05, 4.69) is 20.9 Å². The molecule has 182 valence electrons. The van der Waals surface area contributed by atoms with E-state index in [9.17, 15) is 18.0 Å². The number of amides is 1. The molecule has 0 radical (unpaired) electrons. The van der Waals surface area contributed by atoms with Crippen LogP contribution < -0.4 is 4.74 Å². The fourth-order valence-corrected chi connectivity index (χ4v) is 4.66. The first-order chi connectivity index (χ1) is 17.1. The molecule has 2 atom stereocenters. The predicted molar refractivity (Wildman–Crippen MR) is 125 cm³/mol. The zero-order valence-corrected chi connectivity index (χ0v) is 20.6. The normalized spacial score (nSPS) is 19.5. The molecule has 2 aromatic carbocycles. The second-order valence-corrected chi connectivity index (χ2v) is 10.0. The molecule has 1 unspecified atom stereocenters. The van der Waals surface area contributed by atoms with Crippen molar-refractivity contribution in [3.8, 4) is 5.75 Å². The van der Waals surface area contributed by atoms with E-state index in [0.29, 0.717) is 10.4 Å². The van der Waals surface area contributed by atoms with Crippen LogP contribution in [0.3, 0.4) is 0 Å². The molecule has 0 spiro atoms. The van der Waals surface area contributed by atoms with Crippen molar-refractivity contribution in [2.75, 3.05) is 6.98 Å². The highest BCUT2D eigenvalue weighted by Crippen LogP contribution is 2.48. The van der Waals surface area contributed by atoms with E-state index in [0.717, 1.165) is 6.07 Å². The van der Waals surface area contributed by atoms with Gasteiger partial charge in [0.25, 0.3) is 0 Å². The van der Waals surface area contributed by atoms with Crippen LogP contribution in [0.15, 0.2) is 34.8 Å². The van der Waals surface area contributed by atoms with Gasteiger partial charge in [0.1, 0.15) is 23.0 Å². The van der Waals surface area contributed by atoms with Crippen LogP contribution in [0.2, 0.25) is 5.02 Å². The molecular formula is C23H22BrClF3N3O3. The molecule has 0 N–H and O–H groups in total. The number of imidazole rings is 1. The Hall–Kier alpha value is -2.46. The molecule has 6 nitrogen and oxygen atoms in total. The summed E-state index contributed by atoms with van der Waals surface area (Å²) in [6.07, 6.45) is -1.22. The van der Waals surface area contributed by atoms with E-state index in [-0.39, 0.29) is 38.6 Å². The second-order valence-electron chi connectivity index (χ2n) is 8.74. The molecule has 0 saturated carbocycles. The Morgan fingerprint density at radius 3 is 2.76 bits per heavy atom. The molecule has 1 amide bonds. The van der Waals surface area contributed by atoms with Crippen molar-refractivity contribution < 1.29 is 31.6 Å². The molecule has 11 heteroatoms. The maximum atomic E-state index is 14.4. The van der Waals surface area contributed by atoms with Gasteiger partial charge in [-0.2, -0.15) is 8.78 Å². The van der Waals surface area contributed by atoms with Crippen molar-refractivity contribution >= 4 is 44.7 Å². The van der Waals surface area contributed by atoms with E-state index in [1.54, 1.807) is 25.3 Å². The van der Waals surface area contributed by atoms with E-state index < -0.39 is 43.2 Å². The molecule has 0 aliphatic carbocycles. The third-order valence-corrected chi connectivity index (χ3v) is 6.22. The number of nitrogens with zero attached hydrogens (tertiary/aromatic N) is 3. The van der Waals surface area contributed by atoms with Crippen LogP contribution in [-0.2, 0) is 4.74 Å². The zero-order chi connectivity index (χ0) is 27.4. The van der Waals surface area contributed by atoms with Gasteiger partial charge in [0.05, 0.1) is 27.6 Å². The summed E-state index contributed by atoms with van der Waals surface area (Å²) in [5, 5.41) is 0.0791. The largest absolute Gasteiger partial charge is 0.444 e. The van der Waals surface area contributed by atoms with Gasteiger partial charge < -0.3 is 18.9 Å². The van der Waals surface area contributed by atoms with Crippen molar-refractivity contribution in [2.24, 2.45) is 0 Å². The number of hydrogen-bond donors (Lipinski definition) is 0. The number of carbonyl (C=O) groups excluding carboxylic acids is 1. The first-order valence-electron chi connectivity index (χ1n) is 11.7. The van der Waals surface area contributed by atoms with E-state index in [4.69, 9.17) is 25.2 Å². The average molecular weight is 564 g/mol. The lowest BCUT2D eigenvalue weighted by atomic mass is 10.0. The molecule has 1 aromatic heterocycles. The summed E-state index contributed by atoms with van der Waals surface area (Å²) in [5.74, 6) is -0.737. The minimum absolute atomic E-state index is 0.0791. The molecular weight excluding hydrogens is 539 g/mol. The van der Waals surface area contributed by atoms with Gasteiger partial charge in [-0.3, -0.25) is 0 Å². The molecule has 2 heterocycles. The van der Waals surface area contributed by atoms with Gasteiger partial charge in [0.2, 0.25) is 0 Å². The lowest BCUT2D eigenvalue weighted by Gasteiger charge is -2.28. The summed E-state index contributed by atoms with van der Waals surface area (Å²) in [4.78, 5) is 18.2. The predicted octanol–water partition coefficient (Wildman–Crippen LogP) is 7.09. The number of rotatable bonds is 4. The van der Waals surface area contributed by atoms with E-state index in [1.165, 1.54) is 24.3 Å². The maximum absolute atomic E-state index is 14.4. The van der Waals surface area contributed by atoms with Gasteiger partial charge in [0, 0.05) is 34.2 Å². The molecule has 1 aliphatic rings. The molecule has 0 bridgehead atoms. The van der Waals surface area contributed by atoms with Crippen LogP contribution in [0.1, 0.15) is 54.8 Å². The smallest absolute Gasteiger partial charge is 0.410 e. The highest BCUT2D eigenvalue weighted by Gasteiger charge is 2.42. The molecule has 4 rings (SSSR count). The molecule has 1 aliphatic heterocycles. The SMILES string of the molecule is [2H]C([2H])([2H])N(C(=O)OC(C)(C)C)C1C[C@H](c2c(Cl)cccc2OC(F)F)n2c1nc1cc(F)c(Br)cc12. The van der Waals surface area contributed by atoms with Gasteiger partial charge in [-0.05, 0) is 54.9 Å². The summed E-state index contributed by atoms with van der Waals surface area (Å²) in [7, 11) is 0. The Balaban J connectivity index is 1.96. The molecule has 0 saturated heterocycles. The topological polar surface area (TPSA) is 56.6 Å². The monoisotopic (exact) mass is 562 g/mol. The van der Waals surface area contributed by atoms with Crippen molar-refractivity contribution in [1.29, 1.82) is 0 Å². The van der Waals surface area contributed by atoms with Gasteiger partial charge in [-0.15, -0.1) is 0 Å². The summed E-state index contributed by atoms with van der Waals surface area (Å²) in [6.45, 7) is -1.34. The van der Waals surface area contributed by atoms with Gasteiger partial charge >= 0.3 is 12.7 Å². The Morgan fingerprint density at radius 2 is 2.12 bits per heavy atom. The Bertz CT molecular complexity index is 1360. The fraction of sp³-hybridized carbons (Fsp3) is 0.391. The van der Waals surface area contributed by atoms with Crippen LogP contribution in [0.4, 0.5) is 18.0 Å². The quantitative estimate of drug-likeness (QED) is 0.340. The number of carbonyl (C=O) groups is 1. The third-order valence-electron chi connectivity index (χ3n) is 5.28. The summed E-state index contributed by atoms with van der Waals surface area (Å²) in [5.41, 5.74) is -0.326. The number of benzene rings is 2. The Kier molecular flexibility index (Phi) is 5.50. The summed E-state index contributed by atoms with van der Waals surface area (Å²) in [6, 6.07) is 4.72. The van der Waals surface area contributed by atoms with Gasteiger partial charge in [0.15, 0.2) is 0 Å². The molecule has 34 heavy (non-hydrogen) atoms. The van der Waals surface area contributed by atoms with Crippen LogP contribution in [0.25, 0.3) is 11.0 Å². The van der Waals surface area contributed by atoms with E-state index in [1.807, 2.05) is 0 Å². The van der Waals surface area contributed by atoms with Crippen molar-refractivity contribution in [3.63, 3.8) is 0 Å². The number of fused-ring (bicyclic) bond motifs is 3. The van der Waals surface area contributed by atoms with Gasteiger partial charge in [-0.25, -0.2) is 14.2 Å². The minimum Gasteiger partial charge on any atom is -0.444 e. The van der Waals surface area contributed by atoms with Crippen LogP contribution in [-0.4, -0.2) is 39.7 Å². The van der Waals surface area contributed by atoms with Crippen molar-refractivity contribution in [3.05, 3.63) is 57.0 Å². The van der Waals surface area contributed by atoms with Gasteiger partial charge in [-0.1, -0.05) is 17.7 Å². The number of halogens is 5. The summed E-state index contributed by atoms with van der Waals surface area (Å²) < 4.78 is 76.9. The molecule has 0 fully saturated rings. The second kappa shape index (κ2) is 8.96. The minimum atomic E-state index is -3.16. The number of ether oxygens (including phenoxy) is 2. The first kappa shape index (κ1) is 20.9. The van der Waals surface area contributed by atoms with Crippen LogP contribution >= 0.6 is 27.5 Å². The lowest BCUT2D eigenvalue weighted by molar-refractivity contribution is -0.0506. The zero-order valence-electron chi connectivity index (χ0n) is 21.3. The third kappa shape index (κ3) is 4.57. The number of alkyl halides is 2. The highest BCUT2D eigenvalue weighted by molar-refractivity contribution is 9.10. The number of hydrogen-bond acceptors (Lipinski definition) is 4. The average Bonchev–Trinajstić information content (AvgIpc) is 3.24. The van der Waals surface area contributed by atoms with Crippen LogP contribution in [0.5, 0.6) is 5.75 Å². The maximum Gasteiger partial charge on any atom is 0.410 e. The highest BCUT2D eigenvalue weighted by atomic mass is 79.9. The Labute approximate surface area is 211 Å².